The maximum atomic E-state index is 13.6. The van der Waals surface area contributed by atoms with Gasteiger partial charge in [-0.3, -0.25) is 14.4 Å². The Morgan fingerprint density at radius 2 is 0.672 bits per heavy atom. The normalized spacial score (nSPS) is 11.6. The lowest BCUT2D eigenvalue weighted by atomic mass is 9.94. The maximum absolute atomic E-state index is 13.6. The minimum Gasteiger partial charge on any atom is -0.464 e. The van der Waals surface area contributed by atoms with Crippen molar-refractivity contribution in [2.75, 3.05) is 46.4 Å². The van der Waals surface area contributed by atoms with E-state index in [1.54, 1.807) is 4.90 Å². The molecule has 0 rings (SSSR count). The van der Waals surface area contributed by atoms with Gasteiger partial charge in [-0.15, -0.1) is 0 Å². The SMILES string of the molecule is CCCCCCCCCC(CCCCCCCCC)C(=O)OCCN(CCOC(=O)C(CCCCCCCCC)CCCCCCCCC)C(=O)CCN(C)CCC. The molecule has 58 heavy (non-hydrogen) atoms. The van der Waals surface area contributed by atoms with Gasteiger partial charge in [0.15, 0.2) is 0 Å². The van der Waals surface area contributed by atoms with E-state index in [4.69, 9.17) is 9.47 Å². The van der Waals surface area contributed by atoms with Crippen LogP contribution in [0, 0.1) is 11.8 Å². The van der Waals surface area contributed by atoms with Gasteiger partial charge in [0.25, 0.3) is 0 Å². The molecule has 0 aliphatic heterocycles. The molecule has 0 N–H and O–H groups in total. The zero-order chi connectivity index (χ0) is 42.7. The molecule has 0 saturated heterocycles. The van der Waals surface area contributed by atoms with Gasteiger partial charge in [0.2, 0.25) is 5.91 Å². The lowest BCUT2D eigenvalue weighted by Crippen LogP contribution is -2.39. The molecule has 0 heterocycles. The number of hydrogen-bond donors (Lipinski definition) is 0. The summed E-state index contributed by atoms with van der Waals surface area (Å²) in [4.78, 5) is 44.6. The fourth-order valence-corrected chi connectivity index (χ4v) is 8.20. The van der Waals surface area contributed by atoms with Crippen LogP contribution in [0.5, 0.6) is 0 Å². The summed E-state index contributed by atoms with van der Waals surface area (Å²) in [6, 6.07) is 0. The fraction of sp³-hybridized carbons (Fsp3) is 0.941. The molecule has 0 saturated carbocycles. The van der Waals surface area contributed by atoms with Gasteiger partial charge in [-0.2, -0.15) is 0 Å². The zero-order valence-electron chi connectivity index (χ0n) is 39.9. The van der Waals surface area contributed by atoms with E-state index in [2.05, 4.69) is 46.6 Å². The number of esters is 2. The van der Waals surface area contributed by atoms with Crippen molar-refractivity contribution in [2.45, 2.75) is 253 Å². The molecule has 0 aliphatic carbocycles. The number of unbranched alkanes of at least 4 members (excludes halogenated alkanes) is 24. The highest BCUT2D eigenvalue weighted by atomic mass is 16.5. The highest BCUT2D eigenvalue weighted by Crippen LogP contribution is 2.23. The smallest absolute Gasteiger partial charge is 0.308 e. The second kappa shape index (κ2) is 43.5. The third-order valence-corrected chi connectivity index (χ3v) is 12.2. The predicted octanol–water partition coefficient (Wildman–Crippen LogP) is 14.4. The van der Waals surface area contributed by atoms with Gasteiger partial charge in [-0.25, -0.2) is 0 Å². The van der Waals surface area contributed by atoms with Gasteiger partial charge in [-0.05, 0) is 45.7 Å². The van der Waals surface area contributed by atoms with Crippen molar-refractivity contribution in [2.24, 2.45) is 11.8 Å². The lowest BCUT2D eigenvalue weighted by molar-refractivity contribution is -0.152. The Kier molecular flexibility index (Phi) is 42.2. The Bertz CT molecular complexity index is 819. The minimum atomic E-state index is -0.1000. The Morgan fingerprint density at radius 1 is 0.379 bits per heavy atom. The van der Waals surface area contributed by atoms with Gasteiger partial charge in [-0.1, -0.05) is 214 Å². The molecule has 0 aromatic carbocycles. The van der Waals surface area contributed by atoms with Crippen LogP contribution in [0.15, 0.2) is 0 Å². The number of hydrogen-bond acceptors (Lipinski definition) is 6. The predicted molar refractivity (Wildman–Crippen MR) is 248 cm³/mol. The Balaban J connectivity index is 5.35. The molecule has 0 unspecified atom stereocenters. The first kappa shape index (κ1) is 56.4. The summed E-state index contributed by atoms with van der Waals surface area (Å²) in [5.41, 5.74) is 0. The molecule has 344 valence electrons. The Labute approximate surface area is 361 Å². The van der Waals surface area contributed by atoms with Crippen molar-refractivity contribution in [3.63, 3.8) is 0 Å². The van der Waals surface area contributed by atoms with Crippen LogP contribution in [-0.2, 0) is 23.9 Å². The number of carbonyl (C=O) groups is 3. The van der Waals surface area contributed by atoms with E-state index in [-0.39, 0.29) is 42.9 Å². The monoisotopic (exact) mass is 821 g/mol. The minimum absolute atomic E-state index is 0.0282. The molecule has 0 aliphatic rings. The number of carbonyl (C=O) groups excluding carboxylic acids is 3. The number of amides is 1. The molecular formula is C51H100N2O5. The van der Waals surface area contributed by atoms with Crippen LogP contribution >= 0.6 is 0 Å². The van der Waals surface area contributed by atoms with E-state index in [0.29, 0.717) is 26.1 Å². The van der Waals surface area contributed by atoms with Crippen molar-refractivity contribution < 1.29 is 23.9 Å². The molecule has 7 nitrogen and oxygen atoms in total. The molecular weight excluding hydrogens is 721 g/mol. The van der Waals surface area contributed by atoms with E-state index in [9.17, 15) is 14.4 Å². The van der Waals surface area contributed by atoms with Gasteiger partial charge >= 0.3 is 11.9 Å². The third-order valence-electron chi connectivity index (χ3n) is 12.2. The number of ether oxygens (including phenoxy) is 2. The second-order valence-corrected chi connectivity index (χ2v) is 17.8. The zero-order valence-corrected chi connectivity index (χ0v) is 39.9. The third kappa shape index (κ3) is 35.2. The van der Waals surface area contributed by atoms with E-state index in [0.717, 1.165) is 64.3 Å². The van der Waals surface area contributed by atoms with Crippen LogP contribution < -0.4 is 0 Å². The van der Waals surface area contributed by atoms with Crippen LogP contribution in [-0.4, -0.2) is 74.1 Å². The van der Waals surface area contributed by atoms with Gasteiger partial charge in [0.05, 0.1) is 24.9 Å². The number of nitrogens with zero attached hydrogens (tertiary/aromatic N) is 2. The fourth-order valence-electron chi connectivity index (χ4n) is 8.20. The van der Waals surface area contributed by atoms with E-state index in [1.807, 2.05) is 0 Å². The van der Waals surface area contributed by atoms with Crippen LogP contribution in [0.2, 0.25) is 0 Å². The van der Waals surface area contributed by atoms with Crippen molar-refractivity contribution in [3.05, 3.63) is 0 Å². The van der Waals surface area contributed by atoms with Gasteiger partial charge in [0, 0.05) is 13.0 Å². The summed E-state index contributed by atoms with van der Waals surface area (Å²) in [7, 11) is 2.05. The van der Waals surface area contributed by atoms with Crippen LogP contribution in [0.1, 0.15) is 253 Å². The summed E-state index contributed by atoms with van der Waals surface area (Å²) < 4.78 is 11.9. The van der Waals surface area contributed by atoms with Crippen molar-refractivity contribution in [3.8, 4) is 0 Å². The summed E-state index contributed by atoms with van der Waals surface area (Å²) in [5.74, 6) is -0.304. The molecule has 0 spiro atoms. The van der Waals surface area contributed by atoms with Crippen molar-refractivity contribution in [1.29, 1.82) is 0 Å². The molecule has 7 heteroatoms. The van der Waals surface area contributed by atoms with Crippen molar-refractivity contribution in [1.82, 2.24) is 9.80 Å². The molecule has 0 aromatic rings. The molecule has 0 radical (unpaired) electrons. The summed E-state index contributed by atoms with van der Waals surface area (Å²) in [5, 5.41) is 0. The molecule has 0 fully saturated rings. The van der Waals surface area contributed by atoms with E-state index in [1.165, 1.54) is 154 Å². The first-order chi connectivity index (χ1) is 28.3. The van der Waals surface area contributed by atoms with Gasteiger partial charge in [0.1, 0.15) is 13.2 Å². The molecule has 0 atom stereocenters. The number of rotatable bonds is 45. The summed E-state index contributed by atoms with van der Waals surface area (Å²) in [6.07, 6.45) is 39.6. The Morgan fingerprint density at radius 3 is 0.966 bits per heavy atom. The highest BCUT2D eigenvalue weighted by molar-refractivity contribution is 5.77. The quantitative estimate of drug-likeness (QED) is 0.0450. The van der Waals surface area contributed by atoms with Gasteiger partial charge < -0.3 is 19.3 Å². The van der Waals surface area contributed by atoms with Crippen LogP contribution in [0.25, 0.3) is 0 Å². The summed E-state index contributed by atoms with van der Waals surface area (Å²) >= 11 is 0. The molecule has 1 amide bonds. The molecule has 0 bridgehead atoms. The largest absolute Gasteiger partial charge is 0.464 e. The first-order valence-electron chi connectivity index (χ1n) is 25.6. The van der Waals surface area contributed by atoms with Crippen LogP contribution in [0.3, 0.4) is 0 Å². The van der Waals surface area contributed by atoms with Crippen molar-refractivity contribution >= 4 is 17.8 Å². The Hall–Kier alpha value is -1.63. The lowest BCUT2D eigenvalue weighted by Gasteiger charge is -2.25. The standard InChI is InChI=1S/C51H100N2O5/c1-7-12-16-20-24-28-32-36-47(37-33-29-25-21-17-13-8-2)50(55)57-45-43-53(49(54)40-42-52(6)41-11-5)44-46-58-51(56)48(38-34-30-26-22-18-14-9-3)39-35-31-27-23-19-15-10-4/h47-48H,7-46H2,1-6H3. The first-order valence-corrected chi connectivity index (χ1v) is 25.6. The van der Waals surface area contributed by atoms with Crippen LogP contribution in [0.4, 0.5) is 0 Å². The van der Waals surface area contributed by atoms with E-state index >= 15 is 0 Å². The maximum Gasteiger partial charge on any atom is 0.308 e. The average molecular weight is 821 g/mol. The molecule has 0 aromatic heterocycles. The second-order valence-electron chi connectivity index (χ2n) is 17.8. The highest BCUT2D eigenvalue weighted by Gasteiger charge is 2.23. The average Bonchev–Trinajstić information content (AvgIpc) is 3.22. The van der Waals surface area contributed by atoms with E-state index < -0.39 is 0 Å². The summed E-state index contributed by atoms with van der Waals surface area (Å²) in [6.45, 7) is 13.8. The topological polar surface area (TPSA) is 76.1 Å².